The quantitative estimate of drug-likeness (QED) is 0.839. The minimum absolute atomic E-state index is 0.457. The van der Waals surface area contributed by atoms with Crippen LogP contribution in [0.2, 0.25) is 0 Å². The molecule has 5 nitrogen and oxygen atoms in total. The number of nitrogens with one attached hydrogen (secondary N) is 1. The van der Waals surface area contributed by atoms with Gasteiger partial charge in [0.15, 0.2) is 11.5 Å². The molecule has 24 heavy (non-hydrogen) atoms. The van der Waals surface area contributed by atoms with Crippen LogP contribution in [0.4, 0.5) is 5.82 Å². The van der Waals surface area contributed by atoms with Crippen molar-refractivity contribution in [2.75, 3.05) is 26.1 Å². The van der Waals surface area contributed by atoms with Crippen molar-refractivity contribution in [3.05, 3.63) is 40.8 Å². The Labute approximate surface area is 144 Å². The zero-order valence-corrected chi connectivity index (χ0v) is 15.4. The predicted molar refractivity (Wildman–Crippen MR) is 97.1 cm³/mol. The van der Waals surface area contributed by atoms with E-state index in [0.717, 1.165) is 47.4 Å². The van der Waals surface area contributed by atoms with Crippen molar-refractivity contribution in [2.45, 2.75) is 34.1 Å². The van der Waals surface area contributed by atoms with Crippen molar-refractivity contribution in [3.8, 4) is 11.5 Å². The van der Waals surface area contributed by atoms with Gasteiger partial charge in [-0.15, -0.1) is 0 Å². The number of ether oxygens (including phenoxy) is 2. The lowest BCUT2D eigenvalue weighted by Crippen LogP contribution is -2.16. The Morgan fingerprint density at radius 3 is 2.42 bits per heavy atom. The lowest BCUT2D eigenvalue weighted by molar-refractivity contribution is 0.354. The number of anilines is 1. The van der Waals surface area contributed by atoms with Crippen LogP contribution >= 0.6 is 0 Å². The van der Waals surface area contributed by atoms with Crippen LogP contribution in [0.3, 0.4) is 0 Å². The molecule has 2 aromatic rings. The molecule has 1 aromatic heterocycles. The van der Waals surface area contributed by atoms with Crippen molar-refractivity contribution < 1.29 is 9.47 Å². The van der Waals surface area contributed by atoms with Crippen LogP contribution in [0.15, 0.2) is 18.2 Å². The van der Waals surface area contributed by atoms with Gasteiger partial charge >= 0.3 is 0 Å². The second kappa shape index (κ2) is 7.99. The van der Waals surface area contributed by atoms with Crippen LogP contribution in [0.5, 0.6) is 11.5 Å². The average Bonchev–Trinajstić information content (AvgIpc) is 2.56. The van der Waals surface area contributed by atoms with E-state index in [-0.39, 0.29) is 0 Å². The average molecular weight is 329 g/mol. The minimum Gasteiger partial charge on any atom is -0.493 e. The third kappa shape index (κ3) is 4.37. The highest BCUT2D eigenvalue weighted by Gasteiger charge is 2.10. The largest absolute Gasteiger partial charge is 0.493 e. The molecular formula is C19H27N3O2. The highest BCUT2D eigenvalue weighted by atomic mass is 16.5. The van der Waals surface area contributed by atoms with Gasteiger partial charge in [-0.3, -0.25) is 0 Å². The molecule has 130 valence electrons. The summed E-state index contributed by atoms with van der Waals surface area (Å²) in [6.07, 6.45) is 0.954. The van der Waals surface area contributed by atoms with Gasteiger partial charge in [-0.25, -0.2) is 9.97 Å². The maximum absolute atomic E-state index is 5.37. The van der Waals surface area contributed by atoms with Gasteiger partial charge in [0.2, 0.25) is 0 Å². The zero-order chi connectivity index (χ0) is 17.7. The molecule has 1 atom stereocenters. The SMILES string of the molecule is COc1ccc(CC(C)CNc2nc(C)nc(C)c2C)cc1OC. The molecular weight excluding hydrogens is 302 g/mol. The van der Waals surface area contributed by atoms with Crippen LogP contribution < -0.4 is 14.8 Å². The van der Waals surface area contributed by atoms with Gasteiger partial charge in [-0.2, -0.15) is 0 Å². The molecule has 0 aliphatic heterocycles. The lowest BCUT2D eigenvalue weighted by atomic mass is 10.0. The van der Waals surface area contributed by atoms with E-state index in [0.29, 0.717) is 5.92 Å². The Balaban J connectivity index is 2.00. The molecule has 0 amide bonds. The molecule has 1 unspecified atom stereocenters. The van der Waals surface area contributed by atoms with Crippen molar-refractivity contribution >= 4 is 5.82 Å². The first-order valence-corrected chi connectivity index (χ1v) is 8.21. The monoisotopic (exact) mass is 329 g/mol. The van der Waals surface area contributed by atoms with Crippen molar-refractivity contribution in [1.82, 2.24) is 9.97 Å². The number of aryl methyl sites for hydroxylation is 2. The van der Waals surface area contributed by atoms with E-state index in [4.69, 9.17) is 9.47 Å². The molecule has 0 spiro atoms. The molecule has 0 radical (unpaired) electrons. The normalized spacial score (nSPS) is 11.9. The van der Waals surface area contributed by atoms with Gasteiger partial charge in [-0.1, -0.05) is 13.0 Å². The number of hydrogen-bond acceptors (Lipinski definition) is 5. The Morgan fingerprint density at radius 1 is 1.04 bits per heavy atom. The fraction of sp³-hybridized carbons (Fsp3) is 0.474. The van der Waals surface area contributed by atoms with Gasteiger partial charge in [0.1, 0.15) is 11.6 Å². The molecule has 0 saturated heterocycles. The topological polar surface area (TPSA) is 56.3 Å². The molecule has 1 heterocycles. The second-order valence-corrected chi connectivity index (χ2v) is 6.21. The molecule has 0 saturated carbocycles. The number of hydrogen-bond donors (Lipinski definition) is 1. The first kappa shape index (κ1) is 18.0. The molecule has 5 heteroatoms. The zero-order valence-electron chi connectivity index (χ0n) is 15.4. The van der Waals surface area contributed by atoms with E-state index in [2.05, 4.69) is 35.2 Å². The van der Waals surface area contributed by atoms with Crippen molar-refractivity contribution in [1.29, 1.82) is 0 Å². The number of methoxy groups -OCH3 is 2. The van der Waals surface area contributed by atoms with E-state index in [1.54, 1.807) is 14.2 Å². The molecule has 0 bridgehead atoms. The maximum Gasteiger partial charge on any atom is 0.160 e. The van der Waals surface area contributed by atoms with E-state index in [9.17, 15) is 0 Å². The number of nitrogens with zero attached hydrogens (tertiary/aromatic N) is 2. The van der Waals surface area contributed by atoms with Gasteiger partial charge in [0.25, 0.3) is 0 Å². The molecule has 0 aliphatic carbocycles. The third-order valence-electron chi connectivity index (χ3n) is 4.15. The second-order valence-electron chi connectivity index (χ2n) is 6.21. The summed E-state index contributed by atoms with van der Waals surface area (Å²) in [6.45, 7) is 9.06. The Morgan fingerprint density at radius 2 is 1.75 bits per heavy atom. The molecule has 1 aromatic carbocycles. The van der Waals surface area contributed by atoms with E-state index >= 15 is 0 Å². The van der Waals surface area contributed by atoms with Gasteiger partial charge in [0, 0.05) is 17.8 Å². The Hall–Kier alpha value is -2.30. The van der Waals surface area contributed by atoms with E-state index in [1.807, 2.05) is 26.0 Å². The lowest BCUT2D eigenvalue weighted by Gasteiger charge is -2.16. The minimum atomic E-state index is 0.457. The fourth-order valence-electron chi connectivity index (χ4n) is 2.69. The predicted octanol–water partition coefficient (Wildman–Crippen LogP) is 3.71. The van der Waals surface area contributed by atoms with E-state index < -0.39 is 0 Å². The summed E-state index contributed by atoms with van der Waals surface area (Å²) in [5.41, 5.74) is 3.37. The summed E-state index contributed by atoms with van der Waals surface area (Å²) in [6, 6.07) is 6.08. The number of aromatic nitrogens is 2. The third-order valence-corrected chi connectivity index (χ3v) is 4.15. The van der Waals surface area contributed by atoms with Crippen LogP contribution in [-0.4, -0.2) is 30.7 Å². The summed E-state index contributed by atoms with van der Waals surface area (Å²) in [7, 11) is 3.31. The van der Waals surface area contributed by atoms with Crippen LogP contribution in [0.25, 0.3) is 0 Å². The molecule has 0 fully saturated rings. The summed E-state index contributed by atoms with van der Waals surface area (Å²) in [5.74, 6) is 3.72. The van der Waals surface area contributed by atoms with E-state index in [1.165, 1.54) is 5.56 Å². The molecule has 0 aliphatic rings. The van der Waals surface area contributed by atoms with Crippen molar-refractivity contribution in [2.24, 2.45) is 5.92 Å². The summed E-state index contributed by atoms with van der Waals surface area (Å²) >= 11 is 0. The number of benzene rings is 1. The van der Waals surface area contributed by atoms with Gasteiger partial charge in [0.05, 0.1) is 14.2 Å². The first-order valence-electron chi connectivity index (χ1n) is 8.21. The summed E-state index contributed by atoms with van der Waals surface area (Å²) in [4.78, 5) is 8.89. The highest BCUT2D eigenvalue weighted by Crippen LogP contribution is 2.28. The fourth-order valence-corrected chi connectivity index (χ4v) is 2.69. The Bertz CT molecular complexity index is 701. The standard InChI is InChI=1S/C19H27N3O2/c1-12(9-16-7-8-17(23-5)18(10-16)24-6)11-20-19-13(2)14(3)21-15(4)22-19/h7-8,10,12H,9,11H2,1-6H3,(H,20,21,22). The smallest absolute Gasteiger partial charge is 0.160 e. The molecule has 2 rings (SSSR count). The van der Waals surface area contributed by atoms with Gasteiger partial charge in [-0.05, 0) is 50.8 Å². The maximum atomic E-state index is 5.37. The van der Waals surface area contributed by atoms with Crippen LogP contribution in [-0.2, 0) is 6.42 Å². The van der Waals surface area contributed by atoms with Crippen molar-refractivity contribution in [3.63, 3.8) is 0 Å². The van der Waals surface area contributed by atoms with Gasteiger partial charge < -0.3 is 14.8 Å². The Kier molecular flexibility index (Phi) is 6.01. The highest BCUT2D eigenvalue weighted by molar-refractivity contribution is 5.46. The summed E-state index contributed by atoms with van der Waals surface area (Å²) in [5, 5.41) is 3.46. The van der Waals surface area contributed by atoms with Crippen LogP contribution in [0, 0.1) is 26.7 Å². The van der Waals surface area contributed by atoms with Crippen LogP contribution in [0.1, 0.15) is 29.6 Å². The first-order chi connectivity index (χ1) is 11.4. The molecule has 1 N–H and O–H groups in total. The summed E-state index contributed by atoms with van der Waals surface area (Å²) < 4.78 is 10.7. The number of rotatable bonds is 7.